The second-order valence-corrected chi connectivity index (χ2v) is 6.82. The summed E-state index contributed by atoms with van der Waals surface area (Å²) in [5.74, 6) is 0. The van der Waals surface area contributed by atoms with Gasteiger partial charge in [0.1, 0.15) is 11.3 Å². The highest BCUT2D eigenvalue weighted by Gasteiger charge is 2.27. The van der Waals surface area contributed by atoms with Crippen molar-refractivity contribution in [1.82, 2.24) is 4.90 Å². The Labute approximate surface area is 141 Å². The summed E-state index contributed by atoms with van der Waals surface area (Å²) in [6.07, 6.45) is 1.20. The SMILES string of the molecule is CC(C)(C)OC(=O)N1CCC(Nc2ccc(C#N)cc2N=O)CC1. The number of amides is 1. The summed E-state index contributed by atoms with van der Waals surface area (Å²) in [6.45, 7) is 6.72. The van der Waals surface area contributed by atoms with Gasteiger partial charge >= 0.3 is 6.09 Å². The van der Waals surface area contributed by atoms with Crippen molar-refractivity contribution in [3.63, 3.8) is 0 Å². The van der Waals surface area contributed by atoms with Crippen LogP contribution in [0.3, 0.4) is 0 Å². The van der Waals surface area contributed by atoms with E-state index in [1.807, 2.05) is 26.8 Å². The molecular weight excluding hydrogens is 308 g/mol. The summed E-state index contributed by atoms with van der Waals surface area (Å²) in [7, 11) is 0. The van der Waals surface area contributed by atoms with E-state index in [1.54, 1.807) is 17.0 Å². The molecule has 0 aromatic heterocycles. The van der Waals surface area contributed by atoms with Crippen LogP contribution >= 0.6 is 0 Å². The Morgan fingerprint density at radius 3 is 2.58 bits per heavy atom. The number of ether oxygens (including phenoxy) is 1. The van der Waals surface area contributed by atoms with Crippen molar-refractivity contribution in [3.05, 3.63) is 28.7 Å². The first kappa shape index (κ1) is 17.7. The van der Waals surface area contributed by atoms with Crippen LogP contribution in [-0.2, 0) is 4.74 Å². The molecule has 2 rings (SSSR count). The molecule has 1 aromatic carbocycles. The predicted octanol–water partition coefficient (Wildman–Crippen LogP) is 3.77. The van der Waals surface area contributed by atoms with E-state index in [2.05, 4.69) is 10.5 Å². The van der Waals surface area contributed by atoms with Crippen molar-refractivity contribution in [3.8, 4) is 6.07 Å². The molecule has 0 radical (unpaired) electrons. The fraction of sp³-hybridized carbons (Fsp3) is 0.529. The van der Waals surface area contributed by atoms with Gasteiger partial charge in [0.15, 0.2) is 0 Å². The Morgan fingerprint density at radius 2 is 2.04 bits per heavy atom. The van der Waals surface area contributed by atoms with Gasteiger partial charge in [-0.15, -0.1) is 4.91 Å². The lowest BCUT2D eigenvalue weighted by Crippen LogP contribution is -2.44. The van der Waals surface area contributed by atoms with Gasteiger partial charge in [-0.25, -0.2) is 4.79 Å². The summed E-state index contributed by atoms with van der Waals surface area (Å²) in [4.78, 5) is 24.7. The molecule has 24 heavy (non-hydrogen) atoms. The Bertz CT molecular complexity index is 653. The number of nitriles is 1. The molecule has 1 N–H and O–H groups in total. The van der Waals surface area contributed by atoms with Gasteiger partial charge in [0.2, 0.25) is 0 Å². The lowest BCUT2D eigenvalue weighted by Gasteiger charge is -2.34. The number of rotatable bonds is 3. The summed E-state index contributed by atoms with van der Waals surface area (Å²) in [6, 6.07) is 6.92. The first-order valence-electron chi connectivity index (χ1n) is 7.94. The van der Waals surface area contributed by atoms with E-state index in [0.29, 0.717) is 24.3 Å². The fourth-order valence-corrected chi connectivity index (χ4v) is 2.55. The molecule has 1 fully saturated rings. The van der Waals surface area contributed by atoms with Crippen molar-refractivity contribution >= 4 is 17.5 Å². The quantitative estimate of drug-likeness (QED) is 0.851. The van der Waals surface area contributed by atoms with Crippen LogP contribution in [0.15, 0.2) is 23.4 Å². The summed E-state index contributed by atoms with van der Waals surface area (Å²) < 4.78 is 5.37. The largest absolute Gasteiger partial charge is 0.444 e. The molecule has 7 nitrogen and oxygen atoms in total. The second-order valence-electron chi connectivity index (χ2n) is 6.82. The molecule has 0 unspecified atom stereocenters. The molecule has 1 aliphatic heterocycles. The normalized spacial score (nSPS) is 15.5. The van der Waals surface area contributed by atoms with Crippen LogP contribution in [-0.4, -0.2) is 35.7 Å². The number of hydrogen-bond acceptors (Lipinski definition) is 6. The minimum Gasteiger partial charge on any atom is -0.444 e. The minimum atomic E-state index is -0.501. The van der Waals surface area contributed by atoms with Gasteiger partial charge in [0, 0.05) is 19.1 Å². The van der Waals surface area contributed by atoms with Crippen LogP contribution in [0.4, 0.5) is 16.2 Å². The zero-order chi connectivity index (χ0) is 17.7. The standard InChI is InChI=1S/C17H22N4O3/c1-17(2,3)24-16(22)21-8-6-13(7-9-21)19-14-5-4-12(11-18)10-15(14)20-23/h4-5,10,13,19H,6-9H2,1-3H3. The molecule has 7 heteroatoms. The van der Waals surface area contributed by atoms with E-state index in [0.717, 1.165) is 12.8 Å². The monoisotopic (exact) mass is 330 g/mol. The zero-order valence-electron chi connectivity index (χ0n) is 14.2. The molecule has 0 atom stereocenters. The zero-order valence-corrected chi connectivity index (χ0v) is 14.2. The molecule has 1 heterocycles. The van der Waals surface area contributed by atoms with Gasteiger partial charge in [-0.1, -0.05) is 0 Å². The van der Waals surface area contributed by atoms with Gasteiger partial charge in [-0.05, 0) is 57.0 Å². The third kappa shape index (κ3) is 4.69. The minimum absolute atomic E-state index is 0.136. The summed E-state index contributed by atoms with van der Waals surface area (Å²) in [5, 5.41) is 15.1. The topological polar surface area (TPSA) is 94.8 Å². The number of carbonyl (C=O) groups is 1. The van der Waals surface area contributed by atoms with Crippen LogP contribution < -0.4 is 5.32 Å². The molecule has 128 valence electrons. The molecule has 0 bridgehead atoms. The van der Waals surface area contributed by atoms with Crippen molar-refractivity contribution < 1.29 is 9.53 Å². The van der Waals surface area contributed by atoms with Gasteiger partial charge in [0.05, 0.1) is 17.3 Å². The molecule has 0 aliphatic carbocycles. The first-order chi connectivity index (χ1) is 11.3. The molecule has 1 amide bonds. The van der Waals surface area contributed by atoms with Gasteiger partial charge in [0.25, 0.3) is 0 Å². The molecule has 1 aromatic rings. The smallest absolute Gasteiger partial charge is 0.410 e. The fourth-order valence-electron chi connectivity index (χ4n) is 2.55. The Hall–Kier alpha value is -2.62. The predicted molar refractivity (Wildman–Crippen MR) is 91.1 cm³/mol. The highest BCUT2D eigenvalue weighted by molar-refractivity contribution is 5.69. The molecule has 0 spiro atoms. The third-order valence-electron chi connectivity index (χ3n) is 3.73. The van der Waals surface area contributed by atoms with E-state index in [1.165, 1.54) is 6.07 Å². The van der Waals surface area contributed by atoms with E-state index in [9.17, 15) is 9.70 Å². The maximum Gasteiger partial charge on any atom is 0.410 e. The van der Waals surface area contributed by atoms with Gasteiger partial charge in [-0.3, -0.25) is 0 Å². The molecule has 0 saturated carbocycles. The number of likely N-dealkylation sites (tertiary alicyclic amines) is 1. The maximum absolute atomic E-state index is 12.0. The van der Waals surface area contributed by atoms with E-state index in [-0.39, 0.29) is 17.8 Å². The van der Waals surface area contributed by atoms with Crippen molar-refractivity contribution in [2.24, 2.45) is 5.18 Å². The lowest BCUT2D eigenvalue weighted by atomic mass is 10.0. The number of carbonyl (C=O) groups excluding carboxylic acids is 1. The van der Waals surface area contributed by atoms with Crippen LogP contribution in [0.1, 0.15) is 39.2 Å². The number of piperidine rings is 1. The van der Waals surface area contributed by atoms with Crippen molar-refractivity contribution in [1.29, 1.82) is 5.26 Å². The number of nitrogens with zero attached hydrogens (tertiary/aromatic N) is 3. The highest BCUT2D eigenvalue weighted by atomic mass is 16.6. The summed E-state index contributed by atoms with van der Waals surface area (Å²) >= 11 is 0. The number of nitrogens with one attached hydrogen (secondary N) is 1. The summed E-state index contributed by atoms with van der Waals surface area (Å²) in [5.41, 5.74) is 0.734. The highest BCUT2D eigenvalue weighted by Crippen LogP contribution is 2.28. The van der Waals surface area contributed by atoms with E-state index < -0.39 is 5.60 Å². The van der Waals surface area contributed by atoms with Crippen molar-refractivity contribution in [2.45, 2.75) is 45.3 Å². The number of nitroso groups, excluding NO2 is 1. The first-order valence-corrected chi connectivity index (χ1v) is 7.94. The van der Waals surface area contributed by atoms with Gasteiger partial charge < -0.3 is 15.0 Å². The van der Waals surface area contributed by atoms with Gasteiger partial charge in [-0.2, -0.15) is 5.26 Å². The Morgan fingerprint density at radius 1 is 1.38 bits per heavy atom. The third-order valence-corrected chi connectivity index (χ3v) is 3.73. The molecule has 1 aliphatic rings. The van der Waals surface area contributed by atoms with E-state index >= 15 is 0 Å². The number of benzene rings is 1. The van der Waals surface area contributed by atoms with Crippen LogP contribution in [0.5, 0.6) is 0 Å². The molecule has 1 saturated heterocycles. The number of hydrogen-bond donors (Lipinski definition) is 1. The van der Waals surface area contributed by atoms with Crippen LogP contribution in [0.2, 0.25) is 0 Å². The molecular formula is C17H22N4O3. The maximum atomic E-state index is 12.0. The van der Waals surface area contributed by atoms with E-state index in [4.69, 9.17) is 10.00 Å². The van der Waals surface area contributed by atoms with Crippen LogP contribution in [0, 0.1) is 16.2 Å². The number of anilines is 1. The second kappa shape index (κ2) is 7.30. The average molecular weight is 330 g/mol. The Kier molecular flexibility index (Phi) is 5.39. The average Bonchev–Trinajstić information content (AvgIpc) is 2.54. The van der Waals surface area contributed by atoms with Crippen molar-refractivity contribution in [2.75, 3.05) is 18.4 Å². The van der Waals surface area contributed by atoms with Crippen LogP contribution in [0.25, 0.3) is 0 Å². The Balaban J connectivity index is 1.93. The lowest BCUT2D eigenvalue weighted by molar-refractivity contribution is 0.0210.